The number of aliphatic carboxylic acids is 1. The van der Waals surface area contributed by atoms with E-state index in [9.17, 15) is 23.1 Å². The molecule has 3 N–H and O–H groups in total. The van der Waals surface area contributed by atoms with Gasteiger partial charge in [0, 0.05) is 5.92 Å². The number of nitrogens with one attached hydrogen (secondary N) is 1. The van der Waals surface area contributed by atoms with Crippen LogP contribution in [0.4, 0.5) is 0 Å². The smallest absolute Gasteiger partial charge is 0.307 e. The van der Waals surface area contributed by atoms with E-state index in [1.54, 1.807) is 6.92 Å². The van der Waals surface area contributed by atoms with Crippen molar-refractivity contribution in [3.05, 3.63) is 0 Å². The van der Waals surface area contributed by atoms with Crippen molar-refractivity contribution in [1.82, 2.24) is 5.32 Å². The lowest BCUT2D eigenvalue weighted by molar-refractivity contribution is -0.873. The Bertz CT molecular complexity index is 595. The van der Waals surface area contributed by atoms with Gasteiger partial charge in [0.1, 0.15) is 0 Å². The number of carbonyl (C=O) groups excluding carboxylic acids is 1. The van der Waals surface area contributed by atoms with E-state index >= 15 is 0 Å². The van der Waals surface area contributed by atoms with Crippen LogP contribution >= 0.6 is 0 Å². The third kappa shape index (κ3) is 10.1. The van der Waals surface area contributed by atoms with Gasteiger partial charge in [0.05, 0.1) is 50.8 Å². The number of hydrogen-bond acceptors (Lipinski definition) is 4. The summed E-state index contributed by atoms with van der Waals surface area (Å²) in [5, 5.41) is 12.1. The van der Waals surface area contributed by atoms with Gasteiger partial charge in [-0.25, -0.2) is 0 Å². The van der Waals surface area contributed by atoms with Crippen LogP contribution in [0.15, 0.2) is 0 Å². The number of carboxylic acid groups (broad SMARTS) is 1. The summed E-state index contributed by atoms with van der Waals surface area (Å²) < 4.78 is 32.0. The fraction of sp³-hybridized carbons (Fsp3) is 0.882. The highest BCUT2D eigenvalue weighted by Crippen LogP contribution is 2.26. The molecule has 3 atom stereocenters. The van der Waals surface area contributed by atoms with Gasteiger partial charge in [0.2, 0.25) is 5.91 Å². The van der Waals surface area contributed by atoms with Crippen LogP contribution in [0, 0.1) is 17.8 Å². The zero-order chi connectivity index (χ0) is 20.9. The number of hydrogen-bond donors (Lipinski definition) is 3. The third-order valence-corrected chi connectivity index (χ3v) is 5.19. The molecule has 0 aliphatic heterocycles. The van der Waals surface area contributed by atoms with E-state index < -0.39 is 45.1 Å². The van der Waals surface area contributed by atoms with Crippen LogP contribution in [0.2, 0.25) is 0 Å². The molecular formula is C17H35N2O6S+. The predicted molar refractivity (Wildman–Crippen MR) is 100 cm³/mol. The topological polar surface area (TPSA) is 121 Å². The number of carbonyl (C=O) groups is 2. The van der Waals surface area contributed by atoms with Crippen LogP contribution in [0.5, 0.6) is 0 Å². The quantitative estimate of drug-likeness (QED) is 0.357. The first-order chi connectivity index (χ1) is 11.5. The average Bonchev–Trinajstić information content (AvgIpc) is 2.31. The maximum Gasteiger partial charge on any atom is 0.307 e. The monoisotopic (exact) mass is 395 g/mol. The highest BCUT2D eigenvalue weighted by molar-refractivity contribution is 7.85. The van der Waals surface area contributed by atoms with Crippen molar-refractivity contribution in [3.63, 3.8) is 0 Å². The molecule has 0 radical (unpaired) electrons. The first-order valence-electron chi connectivity index (χ1n) is 8.78. The van der Waals surface area contributed by atoms with E-state index in [1.165, 1.54) is 13.8 Å². The number of rotatable bonds is 11. The van der Waals surface area contributed by atoms with Gasteiger partial charge in [-0.05, 0) is 26.7 Å². The summed E-state index contributed by atoms with van der Waals surface area (Å²) in [6, 6.07) is 0. The van der Waals surface area contributed by atoms with Crippen LogP contribution < -0.4 is 5.32 Å². The van der Waals surface area contributed by atoms with E-state index in [0.29, 0.717) is 17.3 Å². The largest absolute Gasteiger partial charge is 0.481 e. The Morgan fingerprint density at radius 1 is 1.15 bits per heavy atom. The van der Waals surface area contributed by atoms with Crippen LogP contribution in [0.3, 0.4) is 0 Å². The molecule has 0 saturated heterocycles. The average molecular weight is 396 g/mol. The number of quaternary nitrogens is 1. The van der Waals surface area contributed by atoms with E-state index in [1.807, 2.05) is 28.1 Å². The molecule has 0 bridgehead atoms. The van der Waals surface area contributed by atoms with Crippen LogP contribution in [-0.4, -0.2) is 73.4 Å². The van der Waals surface area contributed by atoms with Crippen molar-refractivity contribution in [3.8, 4) is 0 Å². The molecule has 0 saturated carbocycles. The summed E-state index contributed by atoms with van der Waals surface area (Å²) in [6.45, 7) is 7.42. The Balaban J connectivity index is 5.45. The van der Waals surface area contributed by atoms with E-state index in [0.717, 1.165) is 6.54 Å². The molecule has 8 nitrogen and oxygen atoms in total. The van der Waals surface area contributed by atoms with E-state index in [-0.39, 0.29) is 5.92 Å². The van der Waals surface area contributed by atoms with Crippen molar-refractivity contribution < 1.29 is 32.1 Å². The van der Waals surface area contributed by atoms with Crippen molar-refractivity contribution >= 4 is 22.0 Å². The third-order valence-electron chi connectivity index (χ3n) is 4.10. The van der Waals surface area contributed by atoms with Gasteiger partial charge in [-0.2, -0.15) is 8.42 Å². The van der Waals surface area contributed by atoms with E-state index in [4.69, 9.17) is 4.55 Å². The maximum absolute atomic E-state index is 12.8. The van der Waals surface area contributed by atoms with Crippen LogP contribution in [0.1, 0.15) is 40.5 Å². The van der Waals surface area contributed by atoms with Crippen LogP contribution in [0.25, 0.3) is 0 Å². The summed E-state index contributed by atoms with van der Waals surface area (Å²) in [5.74, 6) is -3.72. The second-order valence-electron chi connectivity index (χ2n) is 8.87. The standard InChI is InChI=1S/C17H34N2O6S/c1-8-13(16(21)22)14(9-12(2)10-19(5,6)7)15(20)18-17(3,4)11-26(23,24)25/h12-14H,8-11H2,1-7H3,(H2-,18,20,21,22,23,24,25)/p+1. The molecule has 0 fully saturated rings. The second-order valence-corrected chi connectivity index (χ2v) is 10.3. The Morgan fingerprint density at radius 2 is 1.65 bits per heavy atom. The van der Waals surface area contributed by atoms with Gasteiger partial charge < -0.3 is 14.9 Å². The molecule has 0 aromatic rings. The molecule has 154 valence electrons. The molecule has 26 heavy (non-hydrogen) atoms. The second kappa shape index (κ2) is 9.14. The zero-order valence-electron chi connectivity index (χ0n) is 16.9. The molecule has 0 aliphatic carbocycles. The minimum Gasteiger partial charge on any atom is -0.481 e. The van der Waals surface area contributed by atoms with Gasteiger partial charge in [-0.1, -0.05) is 13.8 Å². The lowest BCUT2D eigenvalue weighted by Crippen LogP contribution is -2.52. The number of amides is 1. The van der Waals surface area contributed by atoms with E-state index in [2.05, 4.69) is 5.32 Å². The fourth-order valence-electron chi connectivity index (χ4n) is 3.45. The molecule has 0 aliphatic rings. The van der Waals surface area contributed by atoms with Crippen molar-refractivity contribution in [2.45, 2.75) is 46.1 Å². The lowest BCUT2D eigenvalue weighted by Gasteiger charge is -2.33. The minimum atomic E-state index is -4.28. The molecule has 0 spiro atoms. The highest BCUT2D eigenvalue weighted by Gasteiger charge is 2.37. The summed E-state index contributed by atoms with van der Waals surface area (Å²) in [5.41, 5.74) is -1.21. The molecular weight excluding hydrogens is 360 g/mol. The predicted octanol–water partition coefficient (Wildman–Crippen LogP) is 1.23. The Labute approximate surface area is 157 Å². The number of carboxylic acids is 1. The van der Waals surface area contributed by atoms with Crippen molar-refractivity contribution in [1.29, 1.82) is 0 Å². The molecule has 0 rings (SSSR count). The summed E-state index contributed by atoms with van der Waals surface area (Å²) in [4.78, 5) is 24.4. The molecule has 0 aromatic carbocycles. The van der Waals surface area contributed by atoms with Gasteiger partial charge in [-0.3, -0.25) is 14.1 Å². The highest BCUT2D eigenvalue weighted by atomic mass is 32.2. The maximum atomic E-state index is 12.8. The summed E-state index contributed by atoms with van der Waals surface area (Å²) in [6.07, 6.45) is 0.678. The molecule has 3 unspecified atom stereocenters. The van der Waals surface area contributed by atoms with Crippen molar-refractivity contribution in [2.75, 3.05) is 33.4 Å². The van der Waals surface area contributed by atoms with Crippen LogP contribution in [-0.2, 0) is 19.7 Å². The normalized spacial score (nSPS) is 16.6. The van der Waals surface area contributed by atoms with Gasteiger partial charge >= 0.3 is 5.97 Å². The molecule has 9 heteroatoms. The fourth-order valence-corrected chi connectivity index (χ4v) is 4.43. The first kappa shape index (κ1) is 24.8. The van der Waals surface area contributed by atoms with Crippen molar-refractivity contribution in [2.24, 2.45) is 17.8 Å². The molecule has 0 heterocycles. The summed E-state index contributed by atoms with van der Waals surface area (Å²) in [7, 11) is 1.79. The van der Waals surface area contributed by atoms with Gasteiger partial charge in [-0.15, -0.1) is 0 Å². The number of nitrogens with zero attached hydrogens (tertiary/aromatic N) is 1. The zero-order valence-corrected chi connectivity index (χ0v) is 17.8. The summed E-state index contributed by atoms with van der Waals surface area (Å²) >= 11 is 0. The lowest BCUT2D eigenvalue weighted by atomic mass is 9.82. The first-order valence-corrected chi connectivity index (χ1v) is 10.4. The van der Waals surface area contributed by atoms with Gasteiger partial charge in [0.15, 0.2) is 0 Å². The Hall–Kier alpha value is -1.19. The Morgan fingerprint density at radius 3 is 2.00 bits per heavy atom. The molecule has 1 amide bonds. The van der Waals surface area contributed by atoms with Gasteiger partial charge in [0.25, 0.3) is 10.1 Å². The minimum absolute atomic E-state index is 0.101. The molecule has 0 aromatic heterocycles. The SMILES string of the molecule is CCC(C(=O)O)C(CC(C)C[N+](C)(C)C)C(=O)NC(C)(C)CS(=O)(=O)O. The Kier molecular flexibility index (Phi) is 8.72.